The molecule has 5 heterocycles. The van der Waals surface area contributed by atoms with Crippen LogP contribution in [-0.2, 0) is 16.0 Å². The average Bonchev–Trinajstić information content (AvgIpc) is 3.64. The monoisotopic (exact) mass is 724 g/mol. The van der Waals surface area contributed by atoms with Crippen molar-refractivity contribution in [2.75, 3.05) is 76.2 Å². The highest BCUT2D eigenvalue weighted by Crippen LogP contribution is 2.45. The zero-order valence-corrected chi connectivity index (χ0v) is 29.3. The lowest BCUT2D eigenvalue weighted by molar-refractivity contribution is 0.00146. The number of halogens is 3. The number of hydrogen-bond donors (Lipinski definition) is 1. The molecule has 10 nitrogen and oxygen atoms in total. The smallest absolute Gasteiger partial charge is 0.337 e. The molecule has 1 amide bonds. The molecular formula is C37H39Cl2FN4O6. The average molecular weight is 726 g/mol. The standard InChI is InChI=1S/C37H39Cl2FN4O6/c1-48-10-9-41-18-37(19-41)7-8-42(20-37)25-11-29(38)33(30(39)12-25)35(45)43-15-22-3-2-4-26(34(22)50-21-43)27-14-32(28(36(46)47)13-31(27)40)44-23-5-6-24(44)17-49-16-23/h2-4,11-14,23-24H,5-10,15-21H2,1H3,(H,46,47). The van der Waals surface area contributed by atoms with Crippen LogP contribution >= 0.6 is 23.2 Å². The molecule has 0 saturated carbocycles. The van der Waals surface area contributed by atoms with Gasteiger partial charge in [0.2, 0.25) is 0 Å². The van der Waals surface area contributed by atoms with E-state index in [0.29, 0.717) is 35.8 Å². The Morgan fingerprint density at radius 3 is 2.48 bits per heavy atom. The Morgan fingerprint density at radius 2 is 1.78 bits per heavy atom. The maximum atomic E-state index is 15.7. The summed E-state index contributed by atoms with van der Waals surface area (Å²) < 4.78 is 32.9. The second kappa shape index (κ2) is 13.2. The third-order valence-electron chi connectivity index (χ3n) is 11.0. The van der Waals surface area contributed by atoms with Crippen LogP contribution in [0.25, 0.3) is 11.1 Å². The molecular weight excluding hydrogens is 686 g/mol. The molecule has 4 saturated heterocycles. The number of hydrogen-bond acceptors (Lipinski definition) is 8. The van der Waals surface area contributed by atoms with Gasteiger partial charge < -0.3 is 34.0 Å². The maximum Gasteiger partial charge on any atom is 0.337 e. The van der Waals surface area contributed by atoms with Crippen molar-refractivity contribution in [3.05, 3.63) is 75.0 Å². The van der Waals surface area contributed by atoms with Crippen LogP contribution in [0.15, 0.2) is 42.5 Å². The van der Waals surface area contributed by atoms with E-state index in [2.05, 4.69) is 14.7 Å². The SMILES string of the molecule is COCCN1CC2(CCN(c3cc(Cl)c(C(=O)N4COc5c(cccc5-c5cc(N6C7CCC6COC7)c(C(=O)O)cc5F)C4)c(Cl)c3)C2)C1. The van der Waals surface area contributed by atoms with Crippen LogP contribution in [0.4, 0.5) is 15.8 Å². The minimum atomic E-state index is -1.19. The molecule has 3 aromatic carbocycles. The van der Waals surface area contributed by atoms with Gasteiger partial charge in [-0.3, -0.25) is 9.69 Å². The predicted molar refractivity (Wildman–Crippen MR) is 188 cm³/mol. The Bertz CT molecular complexity index is 1820. The number of carboxylic acid groups (broad SMARTS) is 1. The van der Waals surface area contributed by atoms with Crippen molar-refractivity contribution in [2.45, 2.75) is 37.9 Å². The third-order valence-corrected chi connectivity index (χ3v) is 11.6. The maximum absolute atomic E-state index is 15.7. The number of nitrogens with zero attached hydrogens (tertiary/aromatic N) is 4. The number of rotatable bonds is 8. The van der Waals surface area contributed by atoms with Crippen LogP contribution in [0.1, 0.15) is 45.5 Å². The summed E-state index contributed by atoms with van der Waals surface area (Å²) in [6.07, 6.45) is 2.85. The largest absolute Gasteiger partial charge is 0.478 e. The number of methoxy groups -OCH3 is 1. The molecule has 0 radical (unpaired) electrons. The van der Waals surface area contributed by atoms with Gasteiger partial charge in [0, 0.05) is 67.6 Å². The first-order chi connectivity index (χ1) is 24.1. The fourth-order valence-electron chi connectivity index (χ4n) is 8.59. The number of aromatic carboxylic acids is 1. The van der Waals surface area contributed by atoms with Gasteiger partial charge >= 0.3 is 5.97 Å². The second-order valence-corrected chi connectivity index (χ2v) is 15.0. The summed E-state index contributed by atoms with van der Waals surface area (Å²) in [4.78, 5) is 34.4. The van der Waals surface area contributed by atoms with Gasteiger partial charge in [-0.15, -0.1) is 0 Å². The summed E-state index contributed by atoms with van der Waals surface area (Å²) in [6, 6.07) is 11.8. The van der Waals surface area contributed by atoms with Gasteiger partial charge in [-0.1, -0.05) is 41.4 Å². The fraction of sp³-hybridized carbons (Fsp3) is 0.459. The lowest BCUT2D eigenvalue weighted by Crippen LogP contribution is -2.58. The van der Waals surface area contributed by atoms with Crippen molar-refractivity contribution in [3.8, 4) is 16.9 Å². The van der Waals surface area contributed by atoms with Gasteiger partial charge in [0.25, 0.3) is 5.91 Å². The van der Waals surface area contributed by atoms with Crippen molar-refractivity contribution in [1.82, 2.24) is 9.80 Å². The van der Waals surface area contributed by atoms with Gasteiger partial charge in [0.05, 0.1) is 65.3 Å². The van der Waals surface area contributed by atoms with E-state index in [1.165, 1.54) is 4.90 Å². The molecule has 50 heavy (non-hydrogen) atoms. The minimum Gasteiger partial charge on any atom is -0.478 e. The highest BCUT2D eigenvalue weighted by molar-refractivity contribution is 6.40. The van der Waals surface area contributed by atoms with Gasteiger partial charge in [0.15, 0.2) is 6.73 Å². The van der Waals surface area contributed by atoms with Crippen LogP contribution in [0.2, 0.25) is 10.0 Å². The first-order valence-corrected chi connectivity index (χ1v) is 17.8. The van der Waals surface area contributed by atoms with Crippen LogP contribution < -0.4 is 14.5 Å². The van der Waals surface area contributed by atoms with Crippen molar-refractivity contribution < 1.29 is 33.3 Å². The first-order valence-electron chi connectivity index (χ1n) is 17.1. The number of anilines is 2. The number of likely N-dealkylation sites (tertiary alicyclic amines) is 1. The van der Waals surface area contributed by atoms with E-state index in [0.717, 1.165) is 70.3 Å². The lowest BCUT2D eigenvalue weighted by Gasteiger charge is -2.48. The van der Waals surface area contributed by atoms with Crippen LogP contribution in [0.3, 0.4) is 0 Å². The van der Waals surface area contributed by atoms with Crippen molar-refractivity contribution in [1.29, 1.82) is 0 Å². The number of carbonyl (C=O) groups excluding carboxylic acids is 1. The number of morpholine rings is 1. The Balaban J connectivity index is 1.02. The molecule has 5 aliphatic heterocycles. The Labute approximate surface area is 300 Å². The lowest BCUT2D eigenvalue weighted by atomic mass is 9.79. The molecule has 1 N–H and O–H groups in total. The highest BCUT2D eigenvalue weighted by Gasteiger charge is 2.47. The number of fused-ring (bicyclic) bond motifs is 3. The third kappa shape index (κ3) is 5.86. The normalized spacial score (nSPS) is 22.4. The molecule has 2 unspecified atom stereocenters. The molecule has 2 bridgehead atoms. The number of benzene rings is 3. The number of para-hydroxylation sites is 1. The molecule has 4 fully saturated rings. The van der Waals surface area contributed by atoms with Crippen LogP contribution in [0.5, 0.6) is 5.75 Å². The molecule has 8 rings (SSSR count). The van der Waals surface area contributed by atoms with Crippen molar-refractivity contribution in [3.63, 3.8) is 0 Å². The Kier molecular flexibility index (Phi) is 8.84. The quantitative estimate of drug-likeness (QED) is 0.300. The Morgan fingerprint density at radius 1 is 1.04 bits per heavy atom. The summed E-state index contributed by atoms with van der Waals surface area (Å²) in [5.41, 5.74) is 3.17. The summed E-state index contributed by atoms with van der Waals surface area (Å²) >= 11 is 13.5. The molecule has 264 valence electrons. The molecule has 5 aliphatic rings. The van der Waals surface area contributed by atoms with E-state index in [9.17, 15) is 14.7 Å². The van der Waals surface area contributed by atoms with E-state index in [-0.39, 0.29) is 63.4 Å². The van der Waals surface area contributed by atoms with E-state index in [4.69, 9.17) is 37.4 Å². The van der Waals surface area contributed by atoms with Crippen LogP contribution in [0, 0.1) is 11.2 Å². The minimum absolute atomic E-state index is 0.0327. The zero-order chi connectivity index (χ0) is 34.7. The summed E-state index contributed by atoms with van der Waals surface area (Å²) in [6.45, 7) is 6.65. The molecule has 1 spiro atoms. The van der Waals surface area contributed by atoms with Gasteiger partial charge in [-0.2, -0.15) is 0 Å². The summed E-state index contributed by atoms with van der Waals surface area (Å²) in [5, 5.41) is 10.6. The highest BCUT2D eigenvalue weighted by atomic mass is 35.5. The first kappa shape index (κ1) is 33.5. The van der Waals surface area contributed by atoms with Crippen molar-refractivity contribution >= 4 is 46.5 Å². The van der Waals surface area contributed by atoms with Gasteiger partial charge in [0.1, 0.15) is 11.6 Å². The number of carboxylic acids is 1. The van der Waals surface area contributed by atoms with E-state index < -0.39 is 11.8 Å². The number of ether oxygens (including phenoxy) is 3. The van der Waals surface area contributed by atoms with Gasteiger partial charge in [-0.05, 0) is 43.5 Å². The molecule has 3 aromatic rings. The van der Waals surface area contributed by atoms with Crippen LogP contribution in [-0.4, -0.2) is 105 Å². The molecule has 0 aliphatic carbocycles. The van der Waals surface area contributed by atoms with E-state index in [1.54, 1.807) is 25.3 Å². The molecule has 13 heteroatoms. The summed E-state index contributed by atoms with van der Waals surface area (Å²) in [5.74, 6) is -1.77. The van der Waals surface area contributed by atoms with Gasteiger partial charge in [-0.25, -0.2) is 9.18 Å². The summed E-state index contributed by atoms with van der Waals surface area (Å²) in [7, 11) is 1.72. The van der Waals surface area contributed by atoms with Crippen molar-refractivity contribution in [2.24, 2.45) is 5.41 Å². The van der Waals surface area contributed by atoms with E-state index >= 15 is 4.39 Å². The number of carbonyl (C=O) groups is 2. The Hall–Kier alpha value is -3.61. The fourth-order valence-corrected chi connectivity index (χ4v) is 9.23. The number of amides is 1. The predicted octanol–water partition coefficient (Wildman–Crippen LogP) is 6.02. The molecule has 0 aromatic heterocycles. The topological polar surface area (TPSA) is 95.0 Å². The zero-order valence-electron chi connectivity index (χ0n) is 27.8. The molecule has 2 atom stereocenters. The van der Waals surface area contributed by atoms with E-state index in [1.807, 2.05) is 18.2 Å². The second-order valence-electron chi connectivity index (χ2n) is 14.2.